The molecule has 1 saturated carbocycles. The molecule has 0 spiro atoms. The van der Waals surface area contributed by atoms with Gasteiger partial charge in [0.2, 0.25) is 0 Å². The van der Waals surface area contributed by atoms with Crippen LogP contribution >= 0.6 is 0 Å². The zero-order valence-electron chi connectivity index (χ0n) is 21.7. The molecule has 1 N–H and O–H groups in total. The van der Waals surface area contributed by atoms with E-state index in [4.69, 9.17) is 4.74 Å². The standard InChI is InChI=1S/C33H38O3/c1-32(2,3)36-31(34)30(33(35)21-19-28(20-22-33)26-15-9-5-10-16-26)24-29(27-17-11-6-12-18-27)23-25-13-7-4-8-14-25/h4-18,23,28,30,35H,19-22,24H2,1-3H3/b29-23-. The molecule has 3 aromatic carbocycles. The number of carbonyl (C=O) groups excluding carboxylic acids is 1. The van der Waals surface area contributed by atoms with Gasteiger partial charge in [-0.15, -0.1) is 0 Å². The first-order valence-electron chi connectivity index (χ1n) is 13.0. The third-order valence-electron chi connectivity index (χ3n) is 7.17. The zero-order valence-corrected chi connectivity index (χ0v) is 21.7. The molecule has 1 fully saturated rings. The van der Waals surface area contributed by atoms with Crippen LogP contribution in [0.5, 0.6) is 0 Å². The van der Waals surface area contributed by atoms with E-state index >= 15 is 0 Å². The van der Waals surface area contributed by atoms with Gasteiger partial charge in [-0.25, -0.2) is 0 Å². The quantitative estimate of drug-likeness (QED) is 0.278. The van der Waals surface area contributed by atoms with Gasteiger partial charge in [0.05, 0.1) is 11.5 Å². The maximum atomic E-state index is 13.6. The largest absolute Gasteiger partial charge is 0.460 e. The molecule has 1 unspecified atom stereocenters. The maximum Gasteiger partial charge on any atom is 0.312 e. The second-order valence-electron chi connectivity index (χ2n) is 11.0. The predicted molar refractivity (Wildman–Crippen MR) is 147 cm³/mol. The zero-order chi connectivity index (χ0) is 25.6. The summed E-state index contributed by atoms with van der Waals surface area (Å²) >= 11 is 0. The monoisotopic (exact) mass is 482 g/mol. The minimum absolute atomic E-state index is 0.321. The van der Waals surface area contributed by atoms with Crippen molar-refractivity contribution in [3.63, 3.8) is 0 Å². The third kappa shape index (κ3) is 6.73. The Hall–Kier alpha value is -3.17. The van der Waals surface area contributed by atoms with Crippen molar-refractivity contribution in [1.82, 2.24) is 0 Å². The van der Waals surface area contributed by atoms with Crippen LogP contribution in [0, 0.1) is 5.92 Å². The lowest BCUT2D eigenvalue weighted by Crippen LogP contribution is -2.47. The Morgan fingerprint density at radius 2 is 1.44 bits per heavy atom. The molecule has 0 aliphatic heterocycles. The van der Waals surface area contributed by atoms with Crippen LogP contribution in [0.25, 0.3) is 11.6 Å². The lowest BCUT2D eigenvalue weighted by Gasteiger charge is -2.41. The van der Waals surface area contributed by atoms with Crippen molar-refractivity contribution in [3.05, 3.63) is 108 Å². The first-order valence-corrected chi connectivity index (χ1v) is 13.0. The molecule has 0 aromatic heterocycles. The molecule has 0 amide bonds. The van der Waals surface area contributed by atoms with E-state index in [1.165, 1.54) is 5.56 Å². The molecule has 1 aliphatic rings. The predicted octanol–water partition coefficient (Wildman–Crippen LogP) is 7.66. The molecule has 3 heteroatoms. The lowest BCUT2D eigenvalue weighted by atomic mass is 9.68. The second-order valence-corrected chi connectivity index (χ2v) is 11.0. The molecule has 3 nitrogen and oxygen atoms in total. The topological polar surface area (TPSA) is 46.5 Å². The van der Waals surface area contributed by atoms with Crippen LogP contribution in [-0.4, -0.2) is 22.3 Å². The average molecular weight is 483 g/mol. The van der Waals surface area contributed by atoms with E-state index in [2.05, 4.69) is 54.6 Å². The Morgan fingerprint density at radius 3 is 2.00 bits per heavy atom. The van der Waals surface area contributed by atoms with Gasteiger partial charge in [-0.2, -0.15) is 0 Å². The smallest absolute Gasteiger partial charge is 0.312 e. The molecule has 1 atom stereocenters. The first-order chi connectivity index (χ1) is 17.2. The van der Waals surface area contributed by atoms with Crippen molar-refractivity contribution < 1.29 is 14.6 Å². The average Bonchev–Trinajstić information content (AvgIpc) is 2.87. The summed E-state index contributed by atoms with van der Waals surface area (Å²) in [5, 5.41) is 12.0. The van der Waals surface area contributed by atoms with E-state index < -0.39 is 17.1 Å². The number of ether oxygens (including phenoxy) is 1. The highest BCUT2D eigenvalue weighted by atomic mass is 16.6. The van der Waals surface area contributed by atoms with Crippen LogP contribution in [0.1, 0.15) is 75.5 Å². The van der Waals surface area contributed by atoms with Crippen LogP contribution in [0.3, 0.4) is 0 Å². The summed E-state index contributed by atoms with van der Waals surface area (Å²) in [5.41, 5.74) is 2.72. The third-order valence-corrected chi connectivity index (χ3v) is 7.17. The van der Waals surface area contributed by atoms with E-state index in [1.54, 1.807) is 0 Å². The first kappa shape index (κ1) is 25.9. The fourth-order valence-corrected chi connectivity index (χ4v) is 5.27. The fourth-order valence-electron chi connectivity index (χ4n) is 5.27. The summed E-state index contributed by atoms with van der Waals surface area (Å²) in [6.45, 7) is 5.66. The minimum Gasteiger partial charge on any atom is -0.460 e. The van der Waals surface area contributed by atoms with Crippen LogP contribution in [0.2, 0.25) is 0 Å². The summed E-state index contributed by atoms with van der Waals surface area (Å²) in [5.74, 6) is -0.569. The molecule has 1 aliphatic carbocycles. The van der Waals surface area contributed by atoms with Gasteiger partial charge in [0.25, 0.3) is 0 Å². The molecular formula is C33H38O3. The molecule has 0 saturated heterocycles. The second kappa shape index (κ2) is 11.3. The number of aliphatic hydroxyl groups is 1. The molecule has 0 bridgehead atoms. The van der Waals surface area contributed by atoms with Gasteiger partial charge < -0.3 is 9.84 Å². The van der Waals surface area contributed by atoms with Crippen molar-refractivity contribution in [1.29, 1.82) is 0 Å². The van der Waals surface area contributed by atoms with Crippen molar-refractivity contribution in [2.45, 2.75) is 70.0 Å². The number of esters is 1. The van der Waals surface area contributed by atoms with E-state index in [9.17, 15) is 9.90 Å². The van der Waals surface area contributed by atoms with E-state index in [0.29, 0.717) is 25.2 Å². The number of rotatable bonds is 7. The number of allylic oxidation sites excluding steroid dienone is 1. The van der Waals surface area contributed by atoms with Crippen molar-refractivity contribution in [3.8, 4) is 0 Å². The van der Waals surface area contributed by atoms with Gasteiger partial charge in [0.1, 0.15) is 5.60 Å². The summed E-state index contributed by atoms with van der Waals surface area (Å²) in [4.78, 5) is 13.6. The van der Waals surface area contributed by atoms with Crippen molar-refractivity contribution >= 4 is 17.6 Å². The van der Waals surface area contributed by atoms with E-state index in [0.717, 1.165) is 29.5 Å². The van der Waals surface area contributed by atoms with Gasteiger partial charge in [-0.1, -0.05) is 97.1 Å². The number of hydrogen-bond donors (Lipinski definition) is 1. The molecule has 3 aromatic rings. The van der Waals surface area contributed by atoms with Gasteiger partial charge in [-0.3, -0.25) is 4.79 Å². The maximum absolute atomic E-state index is 13.6. The lowest BCUT2D eigenvalue weighted by molar-refractivity contribution is -0.172. The van der Waals surface area contributed by atoms with Crippen LogP contribution < -0.4 is 0 Å². The Kier molecular flexibility index (Phi) is 8.11. The number of benzene rings is 3. The highest BCUT2D eigenvalue weighted by Crippen LogP contribution is 2.45. The van der Waals surface area contributed by atoms with Gasteiger partial charge >= 0.3 is 5.97 Å². The number of carbonyl (C=O) groups is 1. The summed E-state index contributed by atoms with van der Waals surface area (Å²) in [7, 11) is 0. The van der Waals surface area contributed by atoms with Gasteiger partial charge in [-0.05, 0) is 81.1 Å². The molecule has 188 valence electrons. The Labute approximate surface area is 215 Å². The summed E-state index contributed by atoms with van der Waals surface area (Å²) in [6, 6.07) is 30.8. The van der Waals surface area contributed by atoms with Crippen molar-refractivity contribution in [2.75, 3.05) is 0 Å². The Bertz CT molecular complexity index is 1140. The Morgan fingerprint density at radius 1 is 0.917 bits per heavy atom. The molecular weight excluding hydrogens is 444 g/mol. The minimum atomic E-state index is -1.11. The molecule has 4 rings (SSSR count). The highest BCUT2D eigenvalue weighted by Gasteiger charge is 2.46. The Balaban J connectivity index is 1.65. The summed E-state index contributed by atoms with van der Waals surface area (Å²) in [6.07, 6.45) is 5.39. The molecule has 0 heterocycles. The highest BCUT2D eigenvalue weighted by molar-refractivity contribution is 5.85. The van der Waals surface area contributed by atoms with Crippen LogP contribution in [0.15, 0.2) is 91.0 Å². The van der Waals surface area contributed by atoms with E-state index in [1.807, 2.05) is 63.2 Å². The van der Waals surface area contributed by atoms with Crippen LogP contribution in [0.4, 0.5) is 0 Å². The SMILES string of the molecule is CC(C)(C)OC(=O)C(C/C(=C/c1ccccc1)c1ccccc1)C1(O)CCC(c2ccccc2)CC1. The van der Waals surface area contributed by atoms with Gasteiger partial charge in [0, 0.05) is 0 Å². The molecule has 0 radical (unpaired) electrons. The summed E-state index contributed by atoms with van der Waals surface area (Å²) < 4.78 is 5.89. The van der Waals surface area contributed by atoms with Crippen LogP contribution in [-0.2, 0) is 9.53 Å². The van der Waals surface area contributed by atoms with Gasteiger partial charge in [0.15, 0.2) is 0 Å². The normalized spacial score (nSPS) is 21.6. The number of hydrogen-bond acceptors (Lipinski definition) is 3. The van der Waals surface area contributed by atoms with Crippen molar-refractivity contribution in [2.24, 2.45) is 5.92 Å². The fraction of sp³-hybridized carbons (Fsp3) is 0.364. The van der Waals surface area contributed by atoms with E-state index in [-0.39, 0.29) is 5.97 Å². The molecule has 36 heavy (non-hydrogen) atoms.